The van der Waals surface area contributed by atoms with E-state index in [1.165, 1.54) is 4.68 Å². The van der Waals surface area contributed by atoms with Crippen LogP contribution in [0.25, 0.3) is 0 Å². The summed E-state index contributed by atoms with van der Waals surface area (Å²) in [7, 11) is 1.72. The molecule has 0 radical (unpaired) electrons. The molecule has 2 aromatic heterocycles. The van der Waals surface area contributed by atoms with Crippen molar-refractivity contribution in [3.63, 3.8) is 0 Å². The molecular weight excluding hydrogens is 338 g/mol. The second kappa shape index (κ2) is 4.47. The van der Waals surface area contributed by atoms with E-state index in [2.05, 4.69) is 41.9 Å². The molecule has 0 aliphatic heterocycles. The van der Waals surface area contributed by atoms with Crippen molar-refractivity contribution in [1.29, 1.82) is 0 Å². The van der Waals surface area contributed by atoms with Crippen LogP contribution in [0.3, 0.4) is 0 Å². The summed E-state index contributed by atoms with van der Waals surface area (Å²) in [5, 5.41) is 3.95. The fourth-order valence-electron chi connectivity index (χ4n) is 1.30. The van der Waals surface area contributed by atoms with Gasteiger partial charge in [0.15, 0.2) is 0 Å². The first-order chi connectivity index (χ1) is 7.59. The Labute approximate surface area is 109 Å². The minimum absolute atomic E-state index is 0.153. The molecule has 82 valence electrons. The largest absolute Gasteiger partial charge is 0.285 e. The van der Waals surface area contributed by atoms with Gasteiger partial charge in [-0.15, -0.1) is 0 Å². The van der Waals surface area contributed by atoms with Gasteiger partial charge in [0.1, 0.15) is 11.4 Å². The number of aryl methyl sites for hydroxylation is 1. The van der Waals surface area contributed by atoms with E-state index in [0.717, 1.165) is 4.47 Å². The summed E-state index contributed by atoms with van der Waals surface area (Å²) in [5.74, 6) is -0.153. The molecule has 0 aliphatic rings. The Morgan fingerprint density at radius 3 is 2.75 bits per heavy atom. The van der Waals surface area contributed by atoms with Crippen molar-refractivity contribution < 1.29 is 4.79 Å². The van der Waals surface area contributed by atoms with Crippen LogP contribution in [0.4, 0.5) is 0 Å². The monoisotopic (exact) mass is 343 g/mol. The maximum atomic E-state index is 12.1. The molecule has 0 fully saturated rings. The van der Waals surface area contributed by atoms with Crippen LogP contribution in [0, 0.1) is 0 Å². The molecular formula is C10H7Br2N3O. The maximum Gasteiger partial charge on any atom is 0.230 e. The third-order valence-corrected chi connectivity index (χ3v) is 3.11. The number of nitrogens with zero attached hydrogens (tertiary/aromatic N) is 3. The molecule has 0 amide bonds. The molecule has 0 N–H and O–H groups in total. The lowest BCUT2D eigenvalue weighted by atomic mass is 10.2. The lowest BCUT2D eigenvalue weighted by Gasteiger charge is -2.03. The van der Waals surface area contributed by atoms with Crippen LogP contribution in [-0.2, 0) is 7.05 Å². The van der Waals surface area contributed by atoms with Gasteiger partial charge < -0.3 is 0 Å². The van der Waals surface area contributed by atoms with Crippen molar-refractivity contribution in [2.75, 3.05) is 0 Å². The number of carbonyl (C=O) groups excluding carboxylic acids is 1. The molecule has 0 unspecified atom stereocenters. The Kier molecular flexibility index (Phi) is 3.20. The van der Waals surface area contributed by atoms with E-state index >= 15 is 0 Å². The number of halogens is 2. The van der Waals surface area contributed by atoms with Gasteiger partial charge in [-0.1, -0.05) is 0 Å². The molecule has 2 rings (SSSR count). The van der Waals surface area contributed by atoms with Gasteiger partial charge in [0.2, 0.25) is 5.78 Å². The summed E-state index contributed by atoms with van der Waals surface area (Å²) in [5.41, 5.74) is 0.891. The number of aromatic nitrogens is 3. The van der Waals surface area contributed by atoms with E-state index in [4.69, 9.17) is 0 Å². The molecule has 0 bridgehead atoms. The zero-order chi connectivity index (χ0) is 11.7. The molecule has 2 aromatic rings. The van der Waals surface area contributed by atoms with Crippen LogP contribution in [0.2, 0.25) is 0 Å². The van der Waals surface area contributed by atoms with Crippen molar-refractivity contribution in [2.24, 2.45) is 7.05 Å². The van der Waals surface area contributed by atoms with Crippen LogP contribution in [-0.4, -0.2) is 20.5 Å². The summed E-state index contributed by atoms with van der Waals surface area (Å²) < 4.78 is 3.01. The number of rotatable bonds is 2. The second-order valence-corrected chi connectivity index (χ2v) is 4.92. The predicted molar refractivity (Wildman–Crippen MR) is 66.3 cm³/mol. The summed E-state index contributed by atoms with van der Waals surface area (Å²) in [4.78, 5) is 16.2. The highest BCUT2D eigenvalue weighted by atomic mass is 79.9. The van der Waals surface area contributed by atoms with Gasteiger partial charge in [-0.05, 0) is 44.0 Å². The van der Waals surface area contributed by atoms with E-state index in [0.29, 0.717) is 15.9 Å². The molecule has 0 saturated carbocycles. The molecule has 6 heteroatoms. The minimum Gasteiger partial charge on any atom is -0.285 e. The first-order valence-corrected chi connectivity index (χ1v) is 6.02. The predicted octanol–water partition coefficient (Wildman–Crippen LogP) is 2.57. The van der Waals surface area contributed by atoms with Gasteiger partial charge in [-0.2, -0.15) is 5.10 Å². The quantitative estimate of drug-likeness (QED) is 0.787. The van der Waals surface area contributed by atoms with E-state index in [-0.39, 0.29) is 5.78 Å². The third kappa shape index (κ3) is 2.08. The lowest BCUT2D eigenvalue weighted by molar-refractivity contribution is 0.102. The highest BCUT2D eigenvalue weighted by molar-refractivity contribution is 9.11. The Hall–Kier alpha value is -1.01. The zero-order valence-corrected chi connectivity index (χ0v) is 11.5. The summed E-state index contributed by atoms with van der Waals surface area (Å²) in [6.07, 6.45) is 3.17. The normalized spacial score (nSPS) is 10.4. The number of carbonyl (C=O) groups is 1. The van der Waals surface area contributed by atoms with Crippen molar-refractivity contribution in [3.05, 3.63) is 44.9 Å². The van der Waals surface area contributed by atoms with Gasteiger partial charge in [0.05, 0.1) is 0 Å². The van der Waals surface area contributed by atoms with Crippen molar-refractivity contribution in [1.82, 2.24) is 14.8 Å². The topological polar surface area (TPSA) is 47.8 Å². The van der Waals surface area contributed by atoms with Crippen LogP contribution < -0.4 is 0 Å². The average molecular weight is 345 g/mol. The van der Waals surface area contributed by atoms with E-state index in [1.54, 1.807) is 31.6 Å². The first kappa shape index (κ1) is 11.5. The summed E-state index contributed by atoms with van der Waals surface area (Å²) >= 11 is 6.60. The van der Waals surface area contributed by atoms with Gasteiger partial charge in [0.25, 0.3) is 0 Å². The molecule has 0 aromatic carbocycles. The third-order valence-electron chi connectivity index (χ3n) is 2.08. The Morgan fingerprint density at radius 1 is 1.44 bits per heavy atom. The molecule has 0 spiro atoms. The Morgan fingerprint density at radius 2 is 2.19 bits per heavy atom. The van der Waals surface area contributed by atoms with Crippen LogP contribution in [0.15, 0.2) is 33.5 Å². The SMILES string of the molecule is Cn1nccc1C(=O)c1ncc(Br)cc1Br. The fourth-order valence-corrected chi connectivity index (χ4v) is 2.47. The lowest BCUT2D eigenvalue weighted by Crippen LogP contribution is -2.10. The molecule has 4 nitrogen and oxygen atoms in total. The van der Waals surface area contributed by atoms with Crippen molar-refractivity contribution >= 4 is 37.6 Å². The zero-order valence-electron chi connectivity index (χ0n) is 8.32. The minimum atomic E-state index is -0.153. The Balaban J connectivity index is 2.46. The van der Waals surface area contributed by atoms with Crippen LogP contribution >= 0.6 is 31.9 Å². The molecule has 2 heterocycles. The Bertz CT molecular complexity index is 551. The number of pyridine rings is 1. The number of hydrogen-bond donors (Lipinski definition) is 0. The molecule has 0 aliphatic carbocycles. The van der Waals surface area contributed by atoms with Crippen molar-refractivity contribution in [2.45, 2.75) is 0 Å². The van der Waals surface area contributed by atoms with Gasteiger partial charge in [0, 0.05) is 28.4 Å². The highest BCUT2D eigenvalue weighted by Crippen LogP contribution is 2.21. The first-order valence-electron chi connectivity index (χ1n) is 4.43. The molecule has 0 saturated heterocycles. The van der Waals surface area contributed by atoms with Gasteiger partial charge in [-0.3, -0.25) is 14.5 Å². The van der Waals surface area contributed by atoms with Crippen LogP contribution in [0.1, 0.15) is 16.2 Å². The molecule has 16 heavy (non-hydrogen) atoms. The van der Waals surface area contributed by atoms with Gasteiger partial charge >= 0.3 is 0 Å². The van der Waals surface area contributed by atoms with E-state index in [1.807, 2.05) is 0 Å². The average Bonchev–Trinajstić information content (AvgIpc) is 2.63. The maximum absolute atomic E-state index is 12.1. The summed E-state index contributed by atoms with van der Waals surface area (Å²) in [6.45, 7) is 0. The standard InChI is InChI=1S/C10H7Br2N3O/c1-15-8(2-3-14-15)10(16)9-7(12)4-6(11)5-13-9/h2-5H,1H3. The number of ketones is 1. The summed E-state index contributed by atoms with van der Waals surface area (Å²) in [6, 6.07) is 3.45. The van der Waals surface area contributed by atoms with E-state index < -0.39 is 0 Å². The van der Waals surface area contributed by atoms with Crippen LogP contribution in [0.5, 0.6) is 0 Å². The smallest absolute Gasteiger partial charge is 0.230 e. The number of hydrogen-bond acceptors (Lipinski definition) is 3. The molecule has 0 atom stereocenters. The fraction of sp³-hybridized carbons (Fsp3) is 0.100. The van der Waals surface area contributed by atoms with E-state index in [9.17, 15) is 4.79 Å². The van der Waals surface area contributed by atoms with Crippen molar-refractivity contribution in [3.8, 4) is 0 Å². The second-order valence-electron chi connectivity index (χ2n) is 3.15. The van der Waals surface area contributed by atoms with Gasteiger partial charge in [-0.25, -0.2) is 0 Å². The highest BCUT2D eigenvalue weighted by Gasteiger charge is 2.17.